The van der Waals surface area contributed by atoms with Gasteiger partial charge in [-0.25, -0.2) is 9.48 Å². The van der Waals surface area contributed by atoms with Crippen molar-refractivity contribution >= 4 is 18.7 Å². The smallest absolute Gasteiger partial charge is 0.465 e. The van der Waals surface area contributed by atoms with Crippen LogP contribution in [0.4, 0.5) is 0 Å². The molecule has 7 heteroatoms. The van der Waals surface area contributed by atoms with Crippen molar-refractivity contribution < 1.29 is 18.8 Å². The molecule has 0 aliphatic carbocycles. The summed E-state index contributed by atoms with van der Waals surface area (Å²) in [6.07, 6.45) is 0. The monoisotopic (exact) mass is 342 g/mol. The highest BCUT2D eigenvalue weighted by atomic mass is 16.7. The minimum atomic E-state index is -0.501. The van der Waals surface area contributed by atoms with Crippen LogP contribution in [0.1, 0.15) is 43.7 Å². The molecule has 0 unspecified atom stereocenters. The van der Waals surface area contributed by atoms with Crippen LogP contribution in [0, 0.1) is 6.92 Å². The maximum atomic E-state index is 11.6. The SMILES string of the molecule is COC(=O)c1ccc(-n2nc(B3OC(C)(C)C(C)(C)O3)cc2C)cc1. The van der Waals surface area contributed by atoms with Crippen molar-refractivity contribution in [2.75, 3.05) is 7.11 Å². The van der Waals surface area contributed by atoms with Gasteiger partial charge < -0.3 is 14.0 Å². The molecule has 0 atom stereocenters. The van der Waals surface area contributed by atoms with Crippen molar-refractivity contribution in [3.63, 3.8) is 0 Å². The van der Waals surface area contributed by atoms with E-state index in [4.69, 9.17) is 14.0 Å². The third kappa shape index (κ3) is 3.09. The number of carbonyl (C=O) groups is 1. The fraction of sp³-hybridized carbons (Fsp3) is 0.444. The molecule has 1 saturated heterocycles. The number of nitrogens with zero attached hydrogens (tertiary/aromatic N) is 2. The van der Waals surface area contributed by atoms with Gasteiger partial charge >= 0.3 is 13.1 Å². The average Bonchev–Trinajstić information content (AvgIpc) is 3.04. The lowest BCUT2D eigenvalue weighted by molar-refractivity contribution is 0.00578. The lowest BCUT2D eigenvalue weighted by Gasteiger charge is -2.32. The number of aryl methyl sites for hydroxylation is 1. The van der Waals surface area contributed by atoms with Gasteiger partial charge in [-0.3, -0.25) is 0 Å². The van der Waals surface area contributed by atoms with Crippen LogP contribution in [0.25, 0.3) is 5.69 Å². The second-order valence-corrected chi connectivity index (χ2v) is 7.25. The zero-order valence-electron chi connectivity index (χ0n) is 15.5. The van der Waals surface area contributed by atoms with Gasteiger partial charge in [0.15, 0.2) is 0 Å². The molecule has 6 nitrogen and oxygen atoms in total. The van der Waals surface area contributed by atoms with Gasteiger partial charge in [-0.1, -0.05) is 0 Å². The van der Waals surface area contributed by atoms with E-state index in [2.05, 4.69) is 5.10 Å². The van der Waals surface area contributed by atoms with Gasteiger partial charge in [-0.2, -0.15) is 5.10 Å². The third-order valence-electron chi connectivity index (χ3n) is 4.93. The van der Waals surface area contributed by atoms with E-state index in [9.17, 15) is 4.79 Å². The summed E-state index contributed by atoms with van der Waals surface area (Å²) in [6, 6.07) is 9.06. The Kier molecular flexibility index (Phi) is 4.25. The number of benzene rings is 1. The van der Waals surface area contributed by atoms with Crippen LogP contribution in [-0.2, 0) is 14.0 Å². The van der Waals surface area contributed by atoms with Crippen LogP contribution in [0.2, 0.25) is 0 Å². The maximum Gasteiger partial charge on any atom is 0.516 e. The first kappa shape index (κ1) is 17.7. The van der Waals surface area contributed by atoms with Crippen LogP contribution >= 0.6 is 0 Å². The standard InChI is InChI=1S/C18H23BN2O4/c1-12-11-15(19-24-17(2,3)18(4,5)25-19)20-21(12)14-9-7-13(8-10-14)16(22)23-6/h7-11H,1-6H3. The van der Waals surface area contributed by atoms with Crippen molar-refractivity contribution in [2.45, 2.75) is 45.8 Å². The zero-order valence-corrected chi connectivity index (χ0v) is 15.5. The van der Waals surface area contributed by atoms with E-state index in [1.807, 2.05) is 52.8 Å². The predicted molar refractivity (Wildman–Crippen MR) is 95.4 cm³/mol. The van der Waals surface area contributed by atoms with Crippen molar-refractivity contribution in [3.05, 3.63) is 41.6 Å². The molecule has 0 saturated carbocycles. The summed E-state index contributed by atoms with van der Waals surface area (Å²) in [7, 11) is 0.865. The summed E-state index contributed by atoms with van der Waals surface area (Å²) in [5.41, 5.74) is 2.23. The van der Waals surface area contributed by atoms with Crippen LogP contribution in [0.15, 0.2) is 30.3 Å². The first-order chi connectivity index (χ1) is 11.6. The van der Waals surface area contributed by atoms with Gasteiger partial charge in [-0.15, -0.1) is 0 Å². The van der Waals surface area contributed by atoms with Gasteiger partial charge in [-0.05, 0) is 65.0 Å². The molecule has 0 radical (unpaired) electrons. The Labute approximate surface area is 148 Å². The topological polar surface area (TPSA) is 62.6 Å². The summed E-state index contributed by atoms with van der Waals surface area (Å²) in [6.45, 7) is 10.0. The Hall–Kier alpha value is -2.12. The molecule has 0 spiro atoms. The van der Waals surface area contributed by atoms with E-state index in [0.717, 1.165) is 17.0 Å². The Morgan fingerprint density at radius 3 is 2.20 bits per heavy atom. The number of rotatable bonds is 3. The van der Waals surface area contributed by atoms with E-state index in [0.29, 0.717) is 5.56 Å². The lowest BCUT2D eigenvalue weighted by Crippen LogP contribution is -2.41. The highest BCUT2D eigenvalue weighted by Crippen LogP contribution is 2.36. The van der Waals surface area contributed by atoms with Crippen LogP contribution in [-0.4, -0.2) is 41.2 Å². The summed E-state index contributed by atoms with van der Waals surface area (Å²) >= 11 is 0. The van der Waals surface area contributed by atoms with Crippen LogP contribution in [0.3, 0.4) is 0 Å². The van der Waals surface area contributed by atoms with Crippen molar-refractivity contribution in [1.82, 2.24) is 9.78 Å². The van der Waals surface area contributed by atoms with E-state index in [1.54, 1.807) is 16.8 Å². The summed E-state index contributed by atoms with van der Waals surface area (Å²) in [5, 5.41) is 4.64. The summed E-state index contributed by atoms with van der Waals surface area (Å²) in [4.78, 5) is 11.6. The molecule has 0 N–H and O–H groups in total. The molecule has 132 valence electrons. The predicted octanol–water partition coefficient (Wildman–Crippen LogP) is 2.27. The number of ether oxygens (including phenoxy) is 1. The molecule has 1 aliphatic rings. The average molecular weight is 342 g/mol. The van der Waals surface area contributed by atoms with Crippen molar-refractivity contribution in [3.8, 4) is 5.69 Å². The Morgan fingerprint density at radius 2 is 1.68 bits per heavy atom. The molecule has 1 fully saturated rings. The molecular weight excluding hydrogens is 319 g/mol. The van der Waals surface area contributed by atoms with Crippen LogP contribution in [0.5, 0.6) is 0 Å². The third-order valence-corrected chi connectivity index (χ3v) is 4.93. The quantitative estimate of drug-likeness (QED) is 0.633. The Morgan fingerprint density at radius 1 is 1.12 bits per heavy atom. The maximum absolute atomic E-state index is 11.6. The molecule has 1 aromatic carbocycles. The first-order valence-electron chi connectivity index (χ1n) is 8.25. The fourth-order valence-electron chi connectivity index (χ4n) is 2.70. The summed E-state index contributed by atoms with van der Waals surface area (Å²) in [5.74, 6) is -0.360. The Bertz CT molecular complexity index is 780. The molecule has 1 aliphatic heterocycles. The highest BCUT2D eigenvalue weighted by Gasteiger charge is 2.52. The Balaban J connectivity index is 1.88. The first-order valence-corrected chi connectivity index (χ1v) is 8.25. The molecular formula is C18H23BN2O4. The van der Waals surface area contributed by atoms with Gasteiger partial charge in [0, 0.05) is 5.69 Å². The fourth-order valence-corrected chi connectivity index (χ4v) is 2.70. The zero-order chi connectivity index (χ0) is 18.4. The minimum absolute atomic E-state index is 0.360. The molecule has 25 heavy (non-hydrogen) atoms. The minimum Gasteiger partial charge on any atom is -0.465 e. The van der Waals surface area contributed by atoms with Gasteiger partial charge in [0.1, 0.15) is 0 Å². The van der Waals surface area contributed by atoms with E-state index in [1.165, 1.54) is 7.11 Å². The number of hydrogen-bond acceptors (Lipinski definition) is 5. The number of aromatic nitrogens is 2. The number of hydrogen-bond donors (Lipinski definition) is 0. The second-order valence-electron chi connectivity index (χ2n) is 7.25. The van der Waals surface area contributed by atoms with E-state index < -0.39 is 18.3 Å². The van der Waals surface area contributed by atoms with Gasteiger partial charge in [0.05, 0.1) is 35.2 Å². The number of esters is 1. The largest absolute Gasteiger partial charge is 0.516 e. The van der Waals surface area contributed by atoms with E-state index in [-0.39, 0.29) is 5.97 Å². The van der Waals surface area contributed by atoms with Crippen LogP contribution < -0.4 is 5.59 Å². The van der Waals surface area contributed by atoms with E-state index >= 15 is 0 Å². The lowest BCUT2D eigenvalue weighted by atomic mass is 9.85. The molecule has 2 aromatic rings. The summed E-state index contributed by atoms with van der Waals surface area (Å²) < 4.78 is 18.6. The molecule has 2 heterocycles. The molecule has 0 amide bonds. The van der Waals surface area contributed by atoms with Crippen molar-refractivity contribution in [2.24, 2.45) is 0 Å². The number of methoxy groups -OCH3 is 1. The normalized spacial score (nSPS) is 18.4. The molecule has 3 rings (SSSR count). The van der Waals surface area contributed by atoms with Crippen molar-refractivity contribution in [1.29, 1.82) is 0 Å². The van der Waals surface area contributed by atoms with Gasteiger partial charge in [0.2, 0.25) is 0 Å². The highest BCUT2D eigenvalue weighted by molar-refractivity contribution is 6.61. The second kappa shape index (κ2) is 6.00. The molecule has 1 aromatic heterocycles. The molecule has 0 bridgehead atoms. The van der Waals surface area contributed by atoms with Gasteiger partial charge in [0.25, 0.3) is 0 Å². The number of carbonyl (C=O) groups excluding carboxylic acids is 1.